The summed E-state index contributed by atoms with van der Waals surface area (Å²) < 4.78 is 12.6. The van der Waals surface area contributed by atoms with Gasteiger partial charge in [0.05, 0.1) is 15.9 Å². The van der Waals surface area contributed by atoms with Crippen molar-refractivity contribution in [2.24, 2.45) is 0 Å². The zero-order chi connectivity index (χ0) is 25.8. The van der Waals surface area contributed by atoms with Crippen LogP contribution < -0.4 is 19.7 Å². The standard InChI is InChI=1S/C27H23IN2O6/c1-3-35-23-14-18(13-22(28)24(23)36-15-17-6-4-5-16(2)11-17)12-21-25(32)29-27(34)30(26(21)33)19-7-9-20(31)10-8-19/h4-14,31H,3,15H2,1-2H3,(H,29,32,34)/b21-12+. The first-order chi connectivity index (χ1) is 17.3. The van der Waals surface area contributed by atoms with Crippen LogP contribution in [0.2, 0.25) is 0 Å². The normalized spacial score (nSPS) is 14.7. The van der Waals surface area contributed by atoms with E-state index in [1.165, 1.54) is 30.3 Å². The van der Waals surface area contributed by atoms with Crippen molar-refractivity contribution in [3.05, 3.63) is 86.5 Å². The molecule has 3 aromatic carbocycles. The zero-order valence-electron chi connectivity index (χ0n) is 19.6. The van der Waals surface area contributed by atoms with Gasteiger partial charge in [0, 0.05) is 0 Å². The molecule has 3 aromatic rings. The van der Waals surface area contributed by atoms with Gasteiger partial charge in [0.15, 0.2) is 11.5 Å². The van der Waals surface area contributed by atoms with E-state index in [-0.39, 0.29) is 17.0 Å². The summed E-state index contributed by atoms with van der Waals surface area (Å²) in [5.41, 5.74) is 2.69. The first kappa shape index (κ1) is 25.2. The van der Waals surface area contributed by atoms with Crippen molar-refractivity contribution in [3.8, 4) is 17.2 Å². The Morgan fingerprint density at radius 1 is 1.03 bits per heavy atom. The van der Waals surface area contributed by atoms with Gasteiger partial charge in [-0.1, -0.05) is 29.8 Å². The molecule has 36 heavy (non-hydrogen) atoms. The molecule has 9 heteroatoms. The topological polar surface area (TPSA) is 105 Å². The first-order valence-corrected chi connectivity index (χ1v) is 12.2. The average Bonchev–Trinajstić information content (AvgIpc) is 2.82. The van der Waals surface area contributed by atoms with E-state index in [2.05, 4.69) is 27.9 Å². The van der Waals surface area contributed by atoms with E-state index in [1.54, 1.807) is 12.1 Å². The smallest absolute Gasteiger partial charge is 0.335 e. The molecule has 0 aromatic heterocycles. The van der Waals surface area contributed by atoms with Crippen molar-refractivity contribution in [2.75, 3.05) is 11.5 Å². The number of barbiturate groups is 1. The third kappa shape index (κ3) is 5.51. The lowest BCUT2D eigenvalue weighted by Gasteiger charge is -2.26. The third-order valence-corrected chi connectivity index (χ3v) is 6.12. The van der Waals surface area contributed by atoms with Gasteiger partial charge in [0.25, 0.3) is 11.8 Å². The van der Waals surface area contributed by atoms with Crippen LogP contribution in [0.25, 0.3) is 6.08 Å². The molecule has 0 unspecified atom stereocenters. The maximum atomic E-state index is 13.1. The number of halogens is 1. The molecule has 1 heterocycles. The molecule has 0 bridgehead atoms. The number of hydrogen-bond donors (Lipinski definition) is 2. The Bertz CT molecular complexity index is 1370. The Morgan fingerprint density at radius 2 is 1.78 bits per heavy atom. The second kappa shape index (κ2) is 10.8. The molecule has 0 aliphatic carbocycles. The number of hydrogen-bond acceptors (Lipinski definition) is 6. The van der Waals surface area contributed by atoms with E-state index in [4.69, 9.17) is 9.47 Å². The van der Waals surface area contributed by atoms with Crippen LogP contribution >= 0.6 is 22.6 Å². The monoisotopic (exact) mass is 598 g/mol. The number of urea groups is 1. The third-order valence-electron chi connectivity index (χ3n) is 5.32. The second-order valence-corrected chi connectivity index (χ2v) is 9.18. The molecule has 1 aliphatic heterocycles. The van der Waals surface area contributed by atoms with Crippen molar-refractivity contribution in [2.45, 2.75) is 20.5 Å². The Balaban J connectivity index is 1.65. The van der Waals surface area contributed by atoms with Gasteiger partial charge in [-0.15, -0.1) is 0 Å². The summed E-state index contributed by atoms with van der Waals surface area (Å²) in [5, 5.41) is 11.7. The Hall–Kier alpha value is -3.86. The number of anilines is 1. The van der Waals surface area contributed by atoms with Gasteiger partial charge in [0.2, 0.25) is 0 Å². The van der Waals surface area contributed by atoms with Crippen molar-refractivity contribution >= 4 is 52.2 Å². The van der Waals surface area contributed by atoms with Crippen molar-refractivity contribution in [3.63, 3.8) is 0 Å². The number of ether oxygens (including phenoxy) is 2. The van der Waals surface area contributed by atoms with Crippen LogP contribution in [0.15, 0.2) is 66.2 Å². The number of aryl methyl sites for hydroxylation is 1. The minimum atomic E-state index is -0.864. The minimum Gasteiger partial charge on any atom is -0.508 e. The molecule has 1 aliphatic rings. The molecule has 0 radical (unpaired) electrons. The number of aromatic hydroxyl groups is 1. The SMILES string of the molecule is CCOc1cc(/C=C2\C(=O)NC(=O)N(c3ccc(O)cc3)C2=O)cc(I)c1OCc1cccc(C)c1. The van der Waals surface area contributed by atoms with Gasteiger partial charge in [-0.05, 0) is 90.0 Å². The van der Waals surface area contributed by atoms with Gasteiger partial charge in [0.1, 0.15) is 17.9 Å². The second-order valence-electron chi connectivity index (χ2n) is 8.01. The maximum Gasteiger partial charge on any atom is 0.335 e. The van der Waals surface area contributed by atoms with Crippen LogP contribution in [0.5, 0.6) is 17.2 Å². The van der Waals surface area contributed by atoms with Gasteiger partial charge < -0.3 is 14.6 Å². The molecular formula is C27H23IN2O6. The lowest BCUT2D eigenvalue weighted by molar-refractivity contribution is -0.122. The summed E-state index contributed by atoms with van der Waals surface area (Å²) >= 11 is 2.12. The fourth-order valence-electron chi connectivity index (χ4n) is 3.69. The van der Waals surface area contributed by atoms with Gasteiger partial charge in [-0.25, -0.2) is 9.69 Å². The summed E-state index contributed by atoms with van der Waals surface area (Å²) in [6.07, 6.45) is 1.41. The maximum absolute atomic E-state index is 13.1. The van der Waals surface area contributed by atoms with Crippen LogP contribution in [0.4, 0.5) is 10.5 Å². The molecule has 1 fully saturated rings. The molecule has 1 saturated heterocycles. The molecule has 0 saturated carbocycles. The predicted octanol–water partition coefficient (Wildman–Crippen LogP) is 4.95. The molecular weight excluding hydrogens is 575 g/mol. The number of imide groups is 2. The molecule has 0 atom stereocenters. The van der Waals surface area contributed by atoms with Crippen LogP contribution in [0, 0.1) is 10.5 Å². The number of rotatable bonds is 7. The summed E-state index contributed by atoms with van der Waals surface area (Å²) in [5.74, 6) is -0.561. The van der Waals surface area contributed by atoms with Crippen molar-refractivity contribution in [1.82, 2.24) is 5.32 Å². The summed E-state index contributed by atoms with van der Waals surface area (Å²) in [6.45, 7) is 4.60. The van der Waals surface area contributed by atoms with Crippen LogP contribution in [0.3, 0.4) is 0 Å². The molecule has 2 N–H and O–H groups in total. The van der Waals surface area contributed by atoms with Gasteiger partial charge in [-0.2, -0.15) is 0 Å². The molecule has 184 valence electrons. The van der Waals surface area contributed by atoms with Crippen LogP contribution in [-0.2, 0) is 16.2 Å². The fraction of sp³-hybridized carbons (Fsp3) is 0.148. The van der Waals surface area contributed by atoms with E-state index in [1.807, 2.05) is 38.1 Å². The Labute approximate surface area is 221 Å². The minimum absolute atomic E-state index is 0.0156. The van der Waals surface area contributed by atoms with Gasteiger partial charge >= 0.3 is 6.03 Å². The molecule has 4 amide bonds. The van der Waals surface area contributed by atoms with Crippen molar-refractivity contribution < 1.29 is 29.0 Å². The largest absolute Gasteiger partial charge is 0.508 e. The van der Waals surface area contributed by atoms with E-state index in [9.17, 15) is 19.5 Å². The zero-order valence-corrected chi connectivity index (χ0v) is 21.7. The number of amides is 4. The lowest BCUT2D eigenvalue weighted by Crippen LogP contribution is -2.54. The highest BCUT2D eigenvalue weighted by Crippen LogP contribution is 2.36. The summed E-state index contributed by atoms with van der Waals surface area (Å²) in [6, 6.07) is 16.1. The number of carbonyl (C=O) groups is 3. The highest BCUT2D eigenvalue weighted by atomic mass is 127. The van der Waals surface area contributed by atoms with Crippen LogP contribution in [-0.4, -0.2) is 29.6 Å². The van der Waals surface area contributed by atoms with Gasteiger partial charge in [-0.3, -0.25) is 14.9 Å². The Kier molecular flexibility index (Phi) is 7.58. The quantitative estimate of drug-likeness (QED) is 0.227. The van der Waals surface area contributed by atoms with Crippen molar-refractivity contribution in [1.29, 1.82) is 0 Å². The molecule has 4 rings (SSSR count). The number of benzene rings is 3. The highest BCUT2D eigenvalue weighted by molar-refractivity contribution is 14.1. The predicted molar refractivity (Wildman–Crippen MR) is 143 cm³/mol. The lowest BCUT2D eigenvalue weighted by atomic mass is 10.1. The Morgan fingerprint density at radius 3 is 2.47 bits per heavy atom. The number of phenols is 1. The average molecular weight is 598 g/mol. The molecule has 8 nitrogen and oxygen atoms in total. The highest BCUT2D eigenvalue weighted by Gasteiger charge is 2.36. The number of phenolic OH excluding ortho intramolecular Hbond substituents is 1. The van der Waals surface area contributed by atoms with E-state index >= 15 is 0 Å². The van der Waals surface area contributed by atoms with E-state index in [0.29, 0.717) is 30.3 Å². The van der Waals surface area contributed by atoms with Crippen LogP contribution in [0.1, 0.15) is 23.6 Å². The number of nitrogens with zero attached hydrogens (tertiary/aromatic N) is 1. The summed E-state index contributed by atoms with van der Waals surface area (Å²) in [4.78, 5) is 38.9. The summed E-state index contributed by atoms with van der Waals surface area (Å²) in [7, 11) is 0. The molecule has 0 spiro atoms. The number of carbonyl (C=O) groups excluding carboxylic acids is 3. The van der Waals surface area contributed by atoms with E-state index < -0.39 is 17.8 Å². The van der Waals surface area contributed by atoms with E-state index in [0.717, 1.165) is 19.6 Å². The first-order valence-electron chi connectivity index (χ1n) is 11.1. The fourth-order valence-corrected chi connectivity index (χ4v) is 4.47. The number of nitrogens with one attached hydrogen (secondary N) is 1.